The van der Waals surface area contributed by atoms with E-state index < -0.39 is 0 Å². The van der Waals surface area contributed by atoms with Crippen LogP contribution in [0.3, 0.4) is 0 Å². The molecule has 2 aromatic rings. The standard InChI is InChI=1S/C17H18N4O3S/c1-21(15-11-18-6-7-19-15)8-9-24-13-4-2-12(3-5-13)10-14-16(22)20-17(23)25-14/h2-7,11,14H,8-10H2,1H3,(H,20,22,23). The molecule has 0 spiro atoms. The highest BCUT2D eigenvalue weighted by Crippen LogP contribution is 2.23. The van der Waals surface area contributed by atoms with E-state index in [0.29, 0.717) is 19.6 Å². The molecule has 130 valence electrons. The molecule has 0 radical (unpaired) electrons. The predicted octanol–water partition coefficient (Wildman–Crippen LogP) is 1.89. The molecule has 25 heavy (non-hydrogen) atoms. The molecule has 1 aliphatic rings. The molecule has 1 saturated heterocycles. The van der Waals surface area contributed by atoms with Gasteiger partial charge in [-0.3, -0.25) is 19.9 Å². The molecule has 1 aromatic carbocycles. The Bertz CT molecular complexity index is 739. The van der Waals surface area contributed by atoms with Crippen LogP contribution in [0.15, 0.2) is 42.9 Å². The minimum atomic E-state index is -0.347. The second-order valence-electron chi connectivity index (χ2n) is 5.56. The first-order valence-electron chi connectivity index (χ1n) is 7.82. The van der Waals surface area contributed by atoms with E-state index in [9.17, 15) is 9.59 Å². The number of carbonyl (C=O) groups excluding carboxylic acids is 2. The first kappa shape index (κ1) is 17.2. The lowest BCUT2D eigenvalue weighted by atomic mass is 10.1. The third kappa shape index (κ3) is 4.69. The second-order valence-corrected chi connectivity index (χ2v) is 6.74. The molecule has 2 heterocycles. The Morgan fingerprint density at radius 3 is 2.68 bits per heavy atom. The average molecular weight is 358 g/mol. The Morgan fingerprint density at radius 1 is 1.24 bits per heavy atom. The number of aromatic nitrogens is 2. The fraction of sp³-hybridized carbons (Fsp3) is 0.294. The normalized spacial score (nSPS) is 16.6. The summed E-state index contributed by atoms with van der Waals surface area (Å²) in [6, 6.07) is 7.57. The summed E-state index contributed by atoms with van der Waals surface area (Å²) in [6.45, 7) is 1.20. The smallest absolute Gasteiger partial charge is 0.286 e. The predicted molar refractivity (Wildman–Crippen MR) is 95.9 cm³/mol. The van der Waals surface area contributed by atoms with Crippen LogP contribution in [0.1, 0.15) is 5.56 Å². The van der Waals surface area contributed by atoms with Crippen molar-refractivity contribution in [2.45, 2.75) is 11.7 Å². The minimum Gasteiger partial charge on any atom is -0.492 e. The van der Waals surface area contributed by atoms with Gasteiger partial charge in [-0.2, -0.15) is 0 Å². The molecular formula is C17H18N4O3S. The van der Waals surface area contributed by atoms with E-state index in [1.807, 2.05) is 36.2 Å². The van der Waals surface area contributed by atoms with Gasteiger partial charge in [0.05, 0.1) is 18.0 Å². The lowest BCUT2D eigenvalue weighted by molar-refractivity contribution is -0.118. The molecule has 0 aliphatic carbocycles. The maximum atomic E-state index is 11.6. The van der Waals surface area contributed by atoms with Gasteiger partial charge >= 0.3 is 0 Å². The van der Waals surface area contributed by atoms with E-state index in [2.05, 4.69) is 15.3 Å². The van der Waals surface area contributed by atoms with Crippen molar-refractivity contribution in [3.05, 3.63) is 48.4 Å². The lowest BCUT2D eigenvalue weighted by Gasteiger charge is -2.17. The Labute approximate surface area is 149 Å². The van der Waals surface area contributed by atoms with Crippen molar-refractivity contribution in [2.75, 3.05) is 25.1 Å². The number of hydrogen-bond acceptors (Lipinski definition) is 7. The Hall–Kier alpha value is -2.61. The zero-order valence-corrected chi connectivity index (χ0v) is 14.5. The summed E-state index contributed by atoms with van der Waals surface area (Å²) in [5, 5.41) is 1.67. The highest BCUT2D eigenvalue weighted by Gasteiger charge is 2.31. The molecular weight excluding hydrogens is 340 g/mol. The van der Waals surface area contributed by atoms with Crippen LogP contribution in [0.2, 0.25) is 0 Å². The maximum absolute atomic E-state index is 11.6. The summed E-state index contributed by atoms with van der Waals surface area (Å²) in [6.07, 6.45) is 5.52. The van der Waals surface area contributed by atoms with Gasteiger partial charge < -0.3 is 9.64 Å². The van der Waals surface area contributed by atoms with Crippen LogP contribution in [-0.4, -0.2) is 46.6 Å². The molecule has 0 bridgehead atoms. The van der Waals surface area contributed by atoms with Crippen LogP contribution < -0.4 is 15.0 Å². The molecule has 1 unspecified atom stereocenters. The van der Waals surface area contributed by atoms with Gasteiger partial charge in [-0.05, 0) is 24.1 Å². The monoisotopic (exact) mass is 358 g/mol. The summed E-state index contributed by atoms with van der Waals surface area (Å²) in [4.78, 5) is 33.0. The molecule has 1 N–H and O–H groups in total. The summed E-state index contributed by atoms with van der Waals surface area (Å²) in [5.74, 6) is 1.33. The Kier molecular flexibility index (Phi) is 5.49. The highest BCUT2D eigenvalue weighted by atomic mass is 32.2. The van der Waals surface area contributed by atoms with Crippen LogP contribution in [0.25, 0.3) is 0 Å². The number of likely N-dealkylation sites (N-methyl/N-ethyl adjacent to an activating group) is 1. The average Bonchev–Trinajstić information content (AvgIpc) is 2.94. The van der Waals surface area contributed by atoms with Gasteiger partial charge in [0.2, 0.25) is 5.91 Å². The van der Waals surface area contributed by atoms with Gasteiger partial charge in [-0.1, -0.05) is 23.9 Å². The number of nitrogens with one attached hydrogen (secondary N) is 1. The van der Waals surface area contributed by atoms with Crippen molar-refractivity contribution in [3.63, 3.8) is 0 Å². The van der Waals surface area contributed by atoms with Crippen molar-refractivity contribution in [1.82, 2.24) is 15.3 Å². The number of anilines is 1. The molecule has 1 atom stereocenters. The molecule has 8 heteroatoms. The van der Waals surface area contributed by atoms with Crippen molar-refractivity contribution in [3.8, 4) is 5.75 Å². The minimum absolute atomic E-state index is 0.220. The van der Waals surface area contributed by atoms with Crippen LogP contribution in [0.4, 0.5) is 10.6 Å². The first-order valence-corrected chi connectivity index (χ1v) is 8.70. The van der Waals surface area contributed by atoms with Crippen molar-refractivity contribution >= 4 is 28.7 Å². The number of ether oxygens (including phenoxy) is 1. The summed E-state index contributed by atoms with van der Waals surface area (Å²) >= 11 is 1.04. The fourth-order valence-corrected chi connectivity index (χ4v) is 3.23. The number of benzene rings is 1. The number of thioether (sulfide) groups is 1. The number of hydrogen-bond donors (Lipinski definition) is 1. The molecule has 7 nitrogen and oxygen atoms in total. The topological polar surface area (TPSA) is 84.4 Å². The van der Waals surface area contributed by atoms with Crippen molar-refractivity contribution in [2.24, 2.45) is 0 Å². The SMILES string of the molecule is CN(CCOc1ccc(CC2SC(=O)NC2=O)cc1)c1cnccn1. The fourth-order valence-electron chi connectivity index (χ4n) is 2.37. The van der Waals surface area contributed by atoms with Crippen LogP contribution in [0.5, 0.6) is 5.75 Å². The van der Waals surface area contributed by atoms with E-state index in [1.165, 1.54) is 0 Å². The number of imide groups is 1. The van der Waals surface area contributed by atoms with Gasteiger partial charge in [0.15, 0.2) is 0 Å². The van der Waals surface area contributed by atoms with Gasteiger partial charge in [0.1, 0.15) is 18.2 Å². The highest BCUT2D eigenvalue weighted by molar-refractivity contribution is 8.15. The maximum Gasteiger partial charge on any atom is 0.286 e. The van der Waals surface area contributed by atoms with E-state index in [1.54, 1.807) is 18.6 Å². The largest absolute Gasteiger partial charge is 0.492 e. The van der Waals surface area contributed by atoms with E-state index in [4.69, 9.17) is 4.74 Å². The molecule has 0 saturated carbocycles. The zero-order chi connectivity index (χ0) is 17.6. The lowest BCUT2D eigenvalue weighted by Crippen LogP contribution is -2.25. The Balaban J connectivity index is 1.46. The molecule has 3 rings (SSSR count). The summed E-state index contributed by atoms with van der Waals surface area (Å²) < 4.78 is 5.73. The first-order chi connectivity index (χ1) is 12.1. The van der Waals surface area contributed by atoms with Crippen molar-refractivity contribution < 1.29 is 14.3 Å². The third-order valence-corrected chi connectivity index (χ3v) is 4.73. The second kappa shape index (κ2) is 7.98. The number of amides is 2. The van der Waals surface area contributed by atoms with Crippen LogP contribution in [0, 0.1) is 0 Å². The van der Waals surface area contributed by atoms with Gasteiger partial charge in [0, 0.05) is 19.4 Å². The molecule has 1 aromatic heterocycles. The molecule has 1 aliphatic heterocycles. The van der Waals surface area contributed by atoms with Gasteiger partial charge in [-0.15, -0.1) is 0 Å². The zero-order valence-electron chi connectivity index (χ0n) is 13.7. The number of nitrogens with zero attached hydrogens (tertiary/aromatic N) is 3. The van der Waals surface area contributed by atoms with Crippen LogP contribution >= 0.6 is 11.8 Å². The Morgan fingerprint density at radius 2 is 2.04 bits per heavy atom. The summed E-state index contributed by atoms with van der Waals surface area (Å²) in [7, 11) is 1.93. The quantitative estimate of drug-likeness (QED) is 0.809. The van der Waals surface area contributed by atoms with Crippen LogP contribution in [-0.2, 0) is 11.2 Å². The van der Waals surface area contributed by atoms with Gasteiger partial charge in [0.25, 0.3) is 5.24 Å². The summed E-state index contributed by atoms with van der Waals surface area (Å²) in [5.41, 5.74) is 0.992. The number of carbonyl (C=O) groups is 2. The molecule has 1 fully saturated rings. The van der Waals surface area contributed by atoms with E-state index >= 15 is 0 Å². The van der Waals surface area contributed by atoms with Crippen molar-refractivity contribution in [1.29, 1.82) is 0 Å². The number of rotatable bonds is 7. The molecule has 2 amide bonds. The van der Waals surface area contributed by atoms with E-state index in [-0.39, 0.29) is 16.4 Å². The van der Waals surface area contributed by atoms with E-state index in [0.717, 1.165) is 28.9 Å². The third-order valence-electron chi connectivity index (χ3n) is 3.75. The van der Waals surface area contributed by atoms with Gasteiger partial charge in [-0.25, -0.2) is 4.98 Å².